The number of hydrogen-bond donors (Lipinski definition) is 2. The van der Waals surface area contributed by atoms with Crippen molar-refractivity contribution in [1.82, 2.24) is 4.90 Å². The maximum absolute atomic E-state index is 11.8. The molecule has 0 saturated carbocycles. The summed E-state index contributed by atoms with van der Waals surface area (Å²) in [6, 6.07) is 7.73. The predicted molar refractivity (Wildman–Crippen MR) is 90.1 cm³/mol. The van der Waals surface area contributed by atoms with Crippen LogP contribution in [0.15, 0.2) is 24.3 Å². The molecule has 1 aliphatic rings. The summed E-state index contributed by atoms with van der Waals surface area (Å²) in [6.07, 6.45) is 2.13. The lowest BCUT2D eigenvalue weighted by atomic mass is 9.77. The summed E-state index contributed by atoms with van der Waals surface area (Å²) >= 11 is 0. The number of likely N-dealkylation sites (tertiary alicyclic amines) is 1. The highest BCUT2D eigenvalue weighted by Gasteiger charge is 2.41. The Labute approximate surface area is 143 Å². The second-order valence-electron chi connectivity index (χ2n) is 6.36. The van der Waals surface area contributed by atoms with Crippen molar-refractivity contribution in [3.63, 3.8) is 0 Å². The van der Waals surface area contributed by atoms with E-state index in [4.69, 9.17) is 14.6 Å². The number of carboxylic acid groups (broad SMARTS) is 1. The zero-order valence-electron chi connectivity index (χ0n) is 14.2. The summed E-state index contributed by atoms with van der Waals surface area (Å²) in [4.78, 5) is 14.0. The highest BCUT2D eigenvalue weighted by atomic mass is 16.5. The van der Waals surface area contributed by atoms with Gasteiger partial charge in [0.15, 0.2) is 0 Å². The van der Waals surface area contributed by atoms with E-state index in [0.29, 0.717) is 26.0 Å². The normalized spacial score (nSPS) is 21.6. The van der Waals surface area contributed by atoms with Gasteiger partial charge in [-0.1, -0.05) is 12.1 Å². The van der Waals surface area contributed by atoms with Crippen LogP contribution >= 0.6 is 0 Å². The molecule has 1 aliphatic heterocycles. The molecule has 1 saturated heterocycles. The van der Waals surface area contributed by atoms with Gasteiger partial charge in [0.05, 0.1) is 12.0 Å². The molecule has 0 unspecified atom stereocenters. The minimum Gasteiger partial charge on any atom is -0.491 e. The molecule has 2 N–H and O–H groups in total. The number of piperidine rings is 1. The van der Waals surface area contributed by atoms with Gasteiger partial charge in [0.25, 0.3) is 0 Å². The van der Waals surface area contributed by atoms with Crippen molar-refractivity contribution in [2.75, 3.05) is 40.0 Å². The van der Waals surface area contributed by atoms with Crippen LogP contribution in [0.5, 0.6) is 5.75 Å². The van der Waals surface area contributed by atoms with Crippen molar-refractivity contribution >= 4 is 5.97 Å². The van der Waals surface area contributed by atoms with Crippen LogP contribution in [0.1, 0.15) is 24.8 Å². The largest absolute Gasteiger partial charge is 0.491 e. The molecule has 6 nitrogen and oxygen atoms in total. The topological polar surface area (TPSA) is 79.2 Å². The van der Waals surface area contributed by atoms with E-state index in [1.165, 1.54) is 0 Å². The van der Waals surface area contributed by atoms with Gasteiger partial charge >= 0.3 is 5.97 Å². The van der Waals surface area contributed by atoms with Gasteiger partial charge in [0.2, 0.25) is 0 Å². The smallest absolute Gasteiger partial charge is 0.311 e. The fourth-order valence-electron chi connectivity index (χ4n) is 3.26. The quantitative estimate of drug-likeness (QED) is 0.715. The Kier molecular flexibility index (Phi) is 7.02. The van der Waals surface area contributed by atoms with Gasteiger partial charge in [-0.3, -0.25) is 9.69 Å². The third-order valence-electron chi connectivity index (χ3n) is 4.58. The first-order valence-electron chi connectivity index (χ1n) is 8.37. The lowest BCUT2D eigenvalue weighted by Crippen LogP contribution is -2.48. The van der Waals surface area contributed by atoms with Crippen molar-refractivity contribution < 1.29 is 24.5 Å². The number of nitrogens with zero attached hydrogens (tertiary/aromatic N) is 1. The van der Waals surface area contributed by atoms with E-state index in [-0.39, 0.29) is 13.2 Å². The van der Waals surface area contributed by atoms with Crippen molar-refractivity contribution in [1.29, 1.82) is 0 Å². The van der Waals surface area contributed by atoms with Crippen LogP contribution in [-0.2, 0) is 16.1 Å². The van der Waals surface area contributed by atoms with E-state index < -0.39 is 11.4 Å². The highest BCUT2D eigenvalue weighted by Crippen LogP contribution is 2.34. The summed E-state index contributed by atoms with van der Waals surface area (Å²) < 4.78 is 10.5. The Morgan fingerprint density at radius 1 is 1.29 bits per heavy atom. The lowest BCUT2D eigenvalue weighted by Gasteiger charge is -2.40. The summed E-state index contributed by atoms with van der Waals surface area (Å²) in [5.74, 6) is 0.00317. The van der Waals surface area contributed by atoms with Crippen LogP contribution in [0.2, 0.25) is 0 Å². The van der Waals surface area contributed by atoms with Gasteiger partial charge in [-0.25, -0.2) is 0 Å². The van der Waals surface area contributed by atoms with Crippen molar-refractivity contribution in [2.45, 2.75) is 25.8 Å². The second-order valence-corrected chi connectivity index (χ2v) is 6.36. The molecule has 134 valence electrons. The van der Waals surface area contributed by atoms with Gasteiger partial charge in [-0.15, -0.1) is 0 Å². The van der Waals surface area contributed by atoms with Crippen LogP contribution < -0.4 is 4.74 Å². The predicted octanol–water partition coefficient (Wildman–Crippen LogP) is 1.76. The van der Waals surface area contributed by atoms with E-state index in [0.717, 1.165) is 30.8 Å². The molecule has 1 heterocycles. The monoisotopic (exact) mass is 337 g/mol. The molecule has 0 aliphatic carbocycles. The minimum absolute atomic E-state index is 0.00568. The van der Waals surface area contributed by atoms with Gasteiger partial charge < -0.3 is 19.7 Å². The first kappa shape index (κ1) is 18.7. The fourth-order valence-corrected chi connectivity index (χ4v) is 3.26. The molecular formula is C18H27NO5. The van der Waals surface area contributed by atoms with E-state index >= 15 is 0 Å². The van der Waals surface area contributed by atoms with Crippen molar-refractivity contribution in [3.8, 4) is 5.75 Å². The van der Waals surface area contributed by atoms with Crippen molar-refractivity contribution in [3.05, 3.63) is 29.8 Å². The molecule has 1 aromatic rings. The SMILES string of the molecule is COCC[C@@]1(C(=O)O)CCCN(Cc2ccc(OCCO)cc2)C1. The van der Waals surface area contributed by atoms with Crippen LogP contribution in [-0.4, -0.2) is 61.1 Å². The number of carboxylic acids is 1. The Morgan fingerprint density at radius 2 is 2.04 bits per heavy atom. The molecule has 6 heteroatoms. The van der Waals surface area contributed by atoms with Crippen LogP contribution in [0.4, 0.5) is 0 Å². The van der Waals surface area contributed by atoms with Gasteiger partial charge in [0, 0.05) is 26.8 Å². The summed E-state index contributed by atoms with van der Waals surface area (Å²) in [5, 5.41) is 18.5. The Morgan fingerprint density at radius 3 is 2.67 bits per heavy atom. The molecule has 1 aromatic carbocycles. The number of aliphatic hydroxyl groups is 1. The summed E-state index contributed by atoms with van der Waals surface area (Å²) in [7, 11) is 1.61. The maximum Gasteiger partial charge on any atom is 0.311 e. The average Bonchev–Trinajstić information content (AvgIpc) is 2.59. The number of benzene rings is 1. The van der Waals surface area contributed by atoms with Crippen molar-refractivity contribution in [2.24, 2.45) is 5.41 Å². The number of rotatable bonds is 9. The number of aliphatic hydroxyl groups excluding tert-OH is 1. The average molecular weight is 337 g/mol. The van der Waals surface area contributed by atoms with Gasteiger partial charge in [-0.2, -0.15) is 0 Å². The van der Waals surface area contributed by atoms with Crippen LogP contribution in [0.3, 0.4) is 0 Å². The Hall–Kier alpha value is -1.63. The second kappa shape index (κ2) is 9.01. The molecule has 0 bridgehead atoms. The van der Waals surface area contributed by atoms with Crippen LogP contribution in [0, 0.1) is 5.41 Å². The van der Waals surface area contributed by atoms with E-state index in [2.05, 4.69) is 4.90 Å². The van der Waals surface area contributed by atoms with Gasteiger partial charge in [-0.05, 0) is 43.5 Å². The molecule has 0 spiro atoms. The minimum atomic E-state index is -0.725. The van der Waals surface area contributed by atoms with E-state index in [1.807, 2.05) is 24.3 Å². The molecule has 1 atom stereocenters. The number of aliphatic carboxylic acids is 1. The molecular weight excluding hydrogens is 310 g/mol. The van der Waals surface area contributed by atoms with Gasteiger partial charge in [0.1, 0.15) is 12.4 Å². The van der Waals surface area contributed by atoms with Crippen LogP contribution in [0.25, 0.3) is 0 Å². The summed E-state index contributed by atoms with van der Waals surface area (Å²) in [6.45, 7) is 2.93. The first-order valence-corrected chi connectivity index (χ1v) is 8.37. The molecule has 0 aromatic heterocycles. The number of methoxy groups -OCH3 is 1. The molecule has 24 heavy (non-hydrogen) atoms. The lowest BCUT2D eigenvalue weighted by molar-refractivity contribution is -0.154. The zero-order valence-corrected chi connectivity index (χ0v) is 14.2. The maximum atomic E-state index is 11.8. The zero-order chi connectivity index (χ0) is 17.4. The summed E-state index contributed by atoms with van der Waals surface area (Å²) in [5.41, 5.74) is 0.414. The number of hydrogen-bond acceptors (Lipinski definition) is 5. The highest BCUT2D eigenvalue weighted by molar-refractivity contribution is 5.75. The third kappa shape index (κ3) is 4.93. The van der Waals surface area contributed by atoms with E-state index in [9.17, 15) is 9.90 Å². The van der Waals surface area contributed by atoms with E-state index in [1.54, 1.807) is 7.11 Å². The fraction of sp³-hybridized carbons (Fsp3) is 0.611. The molecule has 0 amide bonds. The molecule has 0 radical (unpaired) electrons. The molecule has 1 fully saturated rings. The number of carbonyl (C=O) groups is 1. The Balaban J connectivity index is 1.97. The Bertz CT molecular complexity index is 519. The standard InChI is InChI=1S/C18H27NO5/c1-23-11-8-18(17(21)22)7-2-9-19(14-18)13-15-3-5-16(6-4-15)24-12-10-20/h3-6,20H,2,7-14H2,1H3,(H,21,22)/t18-/m0/s1. The number of ether oxygens (including phenoxy) is 2. The molecule has 2 rings (SSSR count). The first-order chi connectivity index (χ1) is 11.6. The third-order valence-corrected chi connectivity index (χ3v) is 4.58.